The van der Waals surface area contributed by atoms with Crippen molar-refractivity contribution < 1.29 is 9.30 Å². The fourth-order valence-electron chi connectivity index (χ4n) is 1.68. The molecule has 0 saturated heterocycles. The average Bonchev–Trinajstić information content (AvgIpc) is 2.52. The lowest BCUT2D eigenvalue weighted by molar-refractivity contribution is -0.651. The zero-order chi connectivity index (χ0) is 10.8. The van der Waals surface area contributed by atoms with Crippen LogP contribution in [-0.4, -0.2) is 11.6 Å². The van der Waals surface area contributed by atoms with Gasteiger partial charge < -0.3 is 4.74 Å². The Labute approximate surface area is 89.7 Å². The number of hydrogen-bond donors (Lipinski definition) is 1. The van der Waals surface area contributed by atoms with E-state index in [1.165, 1.54) is 5.52 Å². The van der Waals surface area contributed by atoms with E-state index >= 15 is 0 Å². The van der Waals surface area contributed by atoms with E-state index in [4.69, 9.17) is 4.74 Å². The summed E-state index contributed by atoms with van der Waals surface area (Å²) in [6, 6.07) is 6.16. The van der Waals surface area contributed by atoms with Gasteiger partial charge in [-0.3, -0.25) is 0 Å². The molecule has 1 aromatic carbocycles. The molecule has 0 atom stereocenters. The van der Waals surface area contributed by atoms with Crippen molar-refractivity contribution in [1.29, 1.82) is 0 Å². The van der Waals surface area contributed by atoms with Gasteiger partial charge in [-0.1, -0.05) is 6.92 Å². The maximum absolute atomic E-state index is 5.58. The molecule has 1 N–H and O–H groups in total. The molecule has 80 valence electrons. The van der Waals surface area contributed by atoms with E-state index < -0.39 is 0 Å². The quantitative estimate of drug-likeness (QED) is 0.764. The second-order valence-electron chi connectivity index (χ2n) is 3.80. The largest absolute Gasteiger partial charge is 0.493 e. The predicted octanol–water partition coefficient (Wildman–Crippen LogP) is 2.09. The molecule has 0 unspecified atom stereocenters. The minimum absolute atomic E-state index is 0.775. The van der Waals surface area contributed by atoms with Gasteiger partial charge in [0.25, 0.3) is 5.82 Å². The molecule has 0 amide bonds. The summed E-state index contributed by atoms with van der Waals surface area (Å²) >= 11 is 0. The van der Waals surface area contributed by atoms with Crippen LogP contribution in [0.5, 0.6) is 5.75 Å². The Bertz CT molecular complexity index is 474. The van der Waals surface area contributed by atoms with E-state index in [1.807, 2.05) is 6.07 Å². The highest BCUT2D eigenvalue weighted by atomic mass is 16.5. The van der Waals surface area contributed by atoms with Crippen molar-refractivity contribution in [2.75, 3.05) is 6.61 Å². The zero-order valence-corrected chi connectivity index (χ0v) is 9.50. The van der Waals surface area contributed by atoms with Gasteiger partial charge in [0.1, 0.15) is 5.75 Å². The molecule has 0 aliphatic carbocycles. The third-order valence-corrected chi connectivity index (χ3v) is 2.62. The predicted molar refractivity (Wildman–Crippen MR) is 60.0 cm³/mol. The maximum atomic E-state index is 5.58. The van der Waals surface area contributed by atoms with Gasteiger partial charge in [-0.05, 0) is 18.6 Å². The summed E-state index contributed by atoms with van der Waals surface area (Å²) in [5.74, 6) is 2.09. The highest BCUT2D eigenvalue weighted by Crippen LogP contribution is 2.17. The molecular weight excluding hydrogens is 188 g/mol. The van der Waals surface area contributed by atoms with Gasteiger partial charge >= 0.3 is 0 Å². The second-order valence-corrected chi connectivity index (χ2v) is 3.80. The molecule has 0 radical (unpaired) electrons. The number of hydrogen-bond acceptors (Lipinski definition) is 1. The van der Waals surface area contributed by atoms with Crippen LogP contribution in [-0.2, 0) is 7.05 Å². The minimum Gasteiger partial charge on any atom is -0.493 e. The van der Waals surface area contributed by atoms with Gasteiger partial charge in [0.2, 0.25) is 0 Å². The fourth-order valence-corrected chi connectivity index (χ4v) is 1.68. The van der Waals surface area contributed by atoms with E-state index in [-0.39, 0.29) is 0 Å². The van der Waals surface area contributed by atoms with Crippen molar-refractivity contribution in [3.63, 3.8) is 0 Å². The van der Waals surface area contributed by atoms with Crippen LogP contribution in [0, 0.1) is 6.92 Å². The fraction of sp³-hybridized carbons (Fsp3) is 0.417. The maximum Gasteiger partial charge on any atom is 0.251 e. The monoisotopic (exact) mass is 205 g/mol. The van der Waals surface area contributed by atoms with Crippen LogP contribution in [0.2, 0.25) is 0 Å². The Hall–Kier alpha value is -1.51. The molecule has 0 saturated carbocycles. The molecule has 2 aromatic rings. The van der Waals surface area contributed by atoms with Crippen molar-refractivity contribution in [2.45, 2.75) is 20.3 Å². The smallest absolute Gasteiger partial charge is 0.251 e. The third kappa shape index (κ3) is 1.82. The van der Waals surface area contributed by atoms with E-state index in [0.717, 1.165) is 30.1 Å². The van der Waals surface area contributed by atoms with Crippen molar-refractivity contribution in [3.05, 3.63) is 24.0 Å². The summed E-state index contributed by atoms with van der Waals surface area (Å²) in [6.45, 7) is 4.95. The van der Waals surface area contributed by atoms with E-state index in [9.17, 15) is 0 Å². The third-order valence-electron chi connectivity index (χ3n) is 2.62. The van der Waals surface area contributed by atoms with E-state index in [2.05, 4.69) is 42.6 Å². The number of H-pyrrole nitrogens is 1. The molecule has 0 aliphatic heterocycles. The van der Waals surface area contributed by atoms with Crippen LogP contribution in [0.15, 0.2) is 18.2 Å². The van der Waals surface area contributed by atoms with Gasteiger partial charge in [-0.2, -0.15) is 0 Å². The van der Waals surface area contributed by atoms with Gasteiger partial charge in [-0.15, -0.1) is 0 Å². The number of aryl methyl sites for hydroxylation is 2. The van der Waals surface area contributed by atoms with Gasteiger partial charge in [0, 0.05) is 13.0 Å². The number of ether oxygens (including phenoxy) is 1. The first-order chi connectivity index (χ1) is 7.22. The lowest BCUT2D eigenvalue weighted by atomic mass is 10.3. The van der Waals surface area contributed by atoms with Crippen LogP contribution in [0.25, 0.3) is 11.0 Å². The number of aromatic amines is 1. The van der Waals surface area contributed by atoms with Crippen molar-refractivity contribution >= 4 is 11.0 Å². The number of fused-ring (bicyclic) bond motifs is 1. The number of rotatable bonds is 3. The first-order valence-corrected chi connectivity index (χ1v) is 5.33. The second kappa shape index (κ2) is 3.93. The van der Waals surface area contributed by atoms with Gasteiger partial charge in [0.05, 0.1) is 13.7 Å². The summed E-state index contributed by atoms with van der Waals surface area (Å²) in [7, 11) is 2.06. The molecular formula is C12H17N2O+. The molecule has 2 rings (SSSR count). The molecule has 15 heavy (non-hydrogen) atoms. The van der Waals surface area contributed by atoms with Crippen LogP contribution in [0.1, 0.15) is 19.2 Å². The Morgan fingerprint density at radius 3 is 2.93 bits per heavy atom. The normalized spacial score (nSPS) is 10.9. The summed E-state index contributed by atoms with van der Waals surface area (Å²) < 4.78 is 7.72. The molecule has 0 spiro atoms. The average molecular weight is 205 g/mol. The first-order valence-electron chi connectivity index (χ1n) is 5.33. The summed E-state index contributed by atoms with van der Waals surface area (Å²) in [5, 5.41) is 0. The van der Waals surface area contributed by atoms with E-state index in [0.29, 0.717) is 0 Å². The lowest BCUT2D eigenvalue weighted by Gasteiger charge is -2.02. The van der Waals surface area contributed by atoms with Crippen molar-refractivity contribution in [1.82, 2.24) is 4.98 Å². The lowest BCUT2D eigenvalue weighted by Crippen LogP contribution is -2.29. The topological polar surface area (TPSA) is 28.9 Å². The highest BCUT2D eigenvalue weighted by Gasteiger charge is 2.11. The molecule has 3 nitrogen and oxygen atoms in total. The number of aromatic nitrogens is 2. The van der Waals surface area contributed by atoms with Crippen LogP contribution in [0.3, 0.4) is 0 Å². The number of imidazole rings is 1. The molecule has 0 bridgehead atoms. The van der Waals surface area contributed by atoms with Gasteiger partial charge in [-0.25, -0.2) is 9.55 Å². The first kappa shape index (κ1) is 10.0. The number of benzene rings is 1. The Morgan fingerprint density at radius 2 is 2.20 bits per heavy atom. The standard InChI is InChI=1S/C12H16N2O/c1-4-7-15-10-5-6-12-11(8-10)13-9(2)14(12)3/h5-6,8H,4,7H2,1-3H3/p+1. The SMILES string of the molecule is CCCOc1ccc2c(c1)[nH]c(C)[n+]2C. The Kier molecular flexibility index (Phi) is 2.62. The van der Waals surface area contributed by atoms with Crippen LogP contribution in [0.4, 0.5) is 0 Å². The summed E-state index contributed by atoms with van der Waals surface area (Å²) in [5.41, 5.74) is 2.33. The summed E-state index contributed by atoms with van der Waals surface area (Å²) in [6.07, 6.45) is 1.04. The molecule has 1 heterocycles. The highest BCUT2D eigenvalue weighted by molar-refractivity contribution is 5.73. The number of nitrogens with zero attached hydrogens (tertiary/aromatic N) is 1. The zero-order valence-electron chi connectivity index (χ0n) is 9.50. The Balaban J connectivity index is 2.39. The minimum atomic E-state index is 0.775. The van der Waals surface area contributed by atoms with Crippen LogP contribution < -0.4 is 9.30 Å². The molecule has 3 heteroatoms. The Morgan fingerprint density at radius 1 is 1.40 bits per heavy atom. The summed E-state index contributed by atoms with van der Waals surface area (Å²) in [4.78, 5) is 3.33. The molecule has 0 aliphatic rings. The van der Waals surface area contributed by atoms with E-state index in [1.54, 1.807) is 0 Å². The van der Waals surface area contributed by atoms with Gasteiger partial charge in [0.15, 0.2) is 11.0 Å². The molecule has 0 fully saturated rings. The molecule has 1 aromatic heterocycles. The number of nitrogens with one attached hydrogen (secondary N) is 1. The van der Waals surface area contributed by atoms with Crippen molar-refractivity contribution in [3.8, 4) is 5.75 Å². The van der Waals surface area contributed by atoms with Crippen LogP contribution >= 0.6 is 0 Å². The van der Waals surface area contributed by atoms with Crippen molar-refractivity contribution in [2.24, 2.45) is 7.05 Å².